The van der Waals surface area contributed by atoms with Crippen molar-refractivity contribution >= 4 is 11.6 Å². The summed E-state index contributed by atoms with van der Waals surface area (Å²) >= 11 is 6.08. The van der Waals surface area contributed by atoms with Gasteiger partial charge in [0.25, 0.3) is 0 Å². The fraction of sp³-hybridized carbons (Fsp3) is 0.357. The van der Waals surface area contributed by atoms with Gasteiger partial charge in [-0.2, -0.15) is 5.10 Å². The van der Waals surface area contributed by atoms with E-state index in [0.29, 0.717) is 23.9 Å². The van der Waals surface area contributed by atoms with Crippen molar-refractivity contribution in [2.45, 2.75) is 26.5 Å². The Hall–Kier alpha value is -1.52. The van der Waals surface area contributed by atoms with E-state index < -0.39 is 6.10 Å². The van der Waals surface area contributed by atoms with Gasteiger partial charge in [0.05, 0.1) is 23.5 Å². The van der Waals surface area contributed by atoms with Crippen LogP contribution in [0.3, 0.4) is 0 Å². The maximum Gasteiger partial charge on any atom is 0.122 e. The molecule has 0 bridgehead atoms. The Morgan fingerprint density at radius 3 is 2.58 bits per heavy atom. The predicted octanol–water partition coefficient (Wildman–Crippen LogP) is 3.04. The molecule has 2 rings (SSSR count). The predicted molar refractivity (Wildman–Crippen MR) is 74.6 cm³/mol. The Balaban J connectivity index is 2.27. The zero-order valence-corrected chi connectivity index (χ0v) is 11.8. The molecule has 1 N–H and O–H groups in total. The van der Waals surface area contributed by atoms with Crippen LogP contribution in [0.25, 0.3) is 0 Å². The minimum atomic E-state index is -0.786. The van der Waals surface area contributed by atoms with Crippen molar-refractivity contribution in [2.24, 2.45) is 0 Å². The molecule has 0 spiro atoms. The Morgan fingerprint density at radius 2 is 2.00 bits per heavy atom. The molecule has 1 heterocycles. The van der Waals surface area contributed by atoms with E-state index in [9.17, 15) is 5.11 Å². The molecule has 0 aliphatic heterocycles. The van der Waals surface area contributed by atoms with E-state index in [-0.39, 0.29) is 0 Å². The van der Waals surface area contributed by atoms with Crippen LogP contribution in [0.5, 0.6) is 5.75 Å². The normalized spacial score (nSPS) is 12.4. The molecule has 19 heavy (non-hydrogen) atoms. The van der Waals surface area contributed by atoms with Gasteiger partial charge in [0.1, 0.15) is 11.9 Å². The topological polar surface area (TPSA) is 47.3 Å². The number of hydrogen-bond acceptors (Lipinski definition) is 3. The van der Waals surface area contributed by atoms with Gasteiger partial charge in [0.15, 0.2) is 0 Å². The summed E-state index contributed by atoms with van der Waals surface area (Å²) in [5.41, 5.74) is 1.38. The van der Waals surface area contributed by atoms with Crippen LogP contribution in [-0.2, 0) is 6.54 Å². The van der Waals surface area contributed by atoms with Crippen LogP contribution in [0, 0.1) is 0 Å². The molecule has 0 saturated carbocycles. The molecule has 1 aromatic carbocycles. The van der Waals surface area contributed by atoms with E-state index >= 15 is 0 Å². The average molecular weight is 281 g/mol. The van der Waals surface area contributed by atoms with E-state index in [0.717, 1.165) is 11.3 Å². The number of benzene rings is 1. The van der Waals surface area contributed by atoms with Crippen LogP contribution >= 0.6 is 11.6 Å². The molecule has 0 aliphatic rings. The summed E-state index contributed by atoms with van der Waals surface area (Å²) in [5.74, 6) is 0.786. The largest absolute Gasteiger partial charge is 0.494 e. The van der Waals surface area contributed by atoms with Gasteiger partial charge in [-0.05, 0) is 31.5 Å². The first-order valence-corrected chi connectivity index (χ1v) is 6.67. The van der Waals surface area contributed by atoms with E-state index in [1.807, 2.05) is 38.1 Å². The van der Waals surface area contributed by atoms with Crippen molar-refractivity contribution in [1.29, 1.82) is 0 Å². The molecule has 102 valence electrons. The average Bonchev–Trinajstić information content (AvgIpc) is 2.80. The van der Waals surface area contributed by atoms with Crippen molar-refractivity contribution in [1.82, 2.24) is 9.78 Å². The van der Waals surface area contributed by atoms with Gasteiger partial charge < -0.3 is 9.84 Å². The summed E-state index contributed by atoms with van der Waals surface area (Å²) in [4.78, 5) is 0. The lowest BCUT2D eigenvalue weighted by Crippen LogP contribution is -2.09. The minimum absolute atomic E-state index is 0.475. The number of ether oxygens (including phenoxy) is 1. The fourth-order valence-corrected chi connectivity index (χ4v) is 2.21. The third kappa shape index (κ3) is 2.91. The molecule has 2 aromatic rings. The lowest BCUT2D eigenvalue weighted by molar-refractivity contribution is 0.208. The Kier molecular flexibility index (Phi) is 4.45. The molecule has 1 aromatic heterocycles. The summed E-state index contributed by atoms with van der Waals surface area (Å²) in [6.07, 6.45) is 0.767. The SMILES string of the molecule is CCOc1ccc(C(O)c2c(Cl)cnn2CC)cc1. The standard InChI is InChI=1S/C14H17ClN2O2/c1-3-17-13(12(15)9-16-17)14(18)10-5-7-11(8-6-10)19-4-2/h5-9,14,18H,3-4H2,1-2H3. The van der Waals surface area contributed by atoms with Gasteiger partial charge in [0.2, 0.25) is 0 Å². The monoisotopic (exact) mass is 280 g/mol. The highest BCUT2D eigenvalue weighted by Crippen LogP contribution is 2.29. The second-order valence-corrected chi connectivity index (χ2v) is 4.51. The first-order valence-electron chi connectivity index (χ1n) is 6.29. The summed E-state index contributed by atoms with van der Waals surface area (Å²) < 4.78 is 7.07. The van der Waals surface area contributed by atoms with Gasteiger partial charge >= 0.3 is 0 Å². The number of rotatable bonds is 5. The van der Waals surface area contributed by atoms with Crippen molar-refractivity contribution in [3.63, 3.8) is 0 Å². The lowest BCUT2D eigenvalue weighted by atomic mass is 10.1. The van der Waals surface area contributed by atoms with Crippen LogP contribution in [0.15, 0.2) is 30.5 Å². The molecule has 0 fully saturated rings. The van der Waals surface area contributed by atoms with Crippen molar-refractivity contribution < 1.29 is 9.84 Å². The molecule has 0 amide bonds. The number of halogens is 1. The highest BCUT2D eigenvalue weighted by Gasteiger charge is 2.19. The van der Waals surface area contributed by atoms with Crippen LogP contribution < -0.4 is 4.74 Å². The van der Waals surface area contributed by atoms with Crippen LogP contribution in [0.2, 0.25) is 5.02 Å². The molecule has 5 heteroatoms. The van der Waals surface area contributed by atoms with E-state index in [1.165, 1.54) is 0 Å². The summed E-state index contributed by atoms with van der Waals surface area (Å²) in [6.45, 7) is 5.17. The molecule has 0 aliphatic carbocycles. The molecule has 1 unspecified atom stereocenters. The zero-order chi connectivity index (χ0) is 13.8. The number of aliphatic hydroxyl groups excluding tert-OH is 1. The van der Waals surface area contributed by atoms with Crippen molar-refractivity contribution in [2.75, 3.05) is 6.61 Å². The van der Waals surface area contributed by atoms with Crippen LogP contribution in [0.1, 0.15) is 31.2 Å². The molecule has 1 atom stereocenters. The van der Waals surface area contributed by atoms with Crippen molar-refractivity contribution in [3.8, 4) is 5.75 Å². The van der Waals surface area contributed by atoms with Gasteiger partial charge in [-0.15, -0.1) is 0 Å². The first-order chi connectivity index (χ1) is 9.17. The minimum Gasteiger partial charge on any atom is -0.494 e. The number of aryl methyl sites for hydroxylation is 1. The van der Waals surface area contributed by atoms with Gasteiger partial charge in [0, 0.05) is 6.54 Å². The Morgan fingerprint density at radius 1 is 1.32 bits per heavy atom. The molecule has 0 radical (unpaired) electrons. The molecule has 0 saturated heterocycles. The number of hydrogen-bond donors (Lipinski definition) is 1. The van der Waals surface area contributed by atoms with Gasteiger partial charge in [-0.1, -0.05) is 23.7 Å². The quantitative estimate of drug-likeness (QED) is 0.916. The van der Waals surface area contributed by atoms with Crippen LogP contribution in [-0.4, -0.2) is 21.5 Å². The zero-order valence-electron chi connectivity index (χ0n) is 11.0. The maximum atomic E-state index is 10.4. The molecule has 4 nitrogen and oxygen atoms in total. The molecular formula is C14H17ClN2O2. The van der Waals surface area contributed by atoms with Crippen molar-refractivity contribution in [3.05, 3.63) is 46.7 Å². The smallest absolute Gasteiger partial charge is 0.122 e. The summed E-state index contributed by atoms with van der Waals surface area (Å²) in [6, 6.07) is 7.34. The fourth-order valence-electron chi connectivity index (χ4n) is 1.97. The maximum absolute atomic E-state index is 10.4. The first kappa shape index (κ1) is 13.9. The molecular weight excluding hydrogens is 264 g/mol. The van der Waals surface area contributed by atoms with Crippen LogP contribution in [0.4, 0.5) is 0 Å². The number of aromatic nitrogens is 2. The highest BCUT2D eigenvalue weighted by atomic mass is 35.5. The second-order valence-electron chi connectivity index (χ2n) is 4.10. The highest BCUT2D eigenvalue weighted by molar-refractivity contribution is 6.31. The second kappa shape index (κ2) is 6.08. The van der Waals surface area contributed by atoms with E-state index in [4.69, 9.17) is 16.3 Å². The van der Waals surface area contributed by atoms with Gasteiger partial charge in [-0.25, -0.2) is 0 Å². The summed E-state index contributed by atoms with van der Waals surface area (Å²) in [5, 5.41) is 15.0. The Labute approximate surface area is 117 Å². The lowest BCUT2D eigenvalue weighted by Gasteiger charge is -2.14. The number of aliphatic hydroxyl groups is 1. The van der Waals surface area contributed by atoms with Gasteiger partial charge in [-0.3, -0.25) is 4.68 Å². The third-order valence-corrected chi connectivity index (χ3v) is 3.19. The van der Waals surface area contributed by atoms with E-state index in [2.05, 4.69) is 5.10 Å². The Bertz CT molecular complexity index is 537. The number of nitrogens with zero attached hydrogens (tertiary/aromatic N) is 2. The third-order valence-electron chi connectivity index (χ3n) is 2.90. The van der Waals surface area contributed by atoms with E-state index in [1.54, 1.807) is 10.9 Å². The summed E-state index contributed by atoms with van der Waals surface area (Å²) in [7, 11) is 0.